The number of nitrogens with one attached hydrogen (secondary N) is 4. The minimum Gasteiger partial charge on any atom is -0.483 e. The lowest BCUT2D eigenvalue weighted by Gasteiger charge is -2.21. The Morgan fingerprint density at radius 2 is 1.41 bits per heavy atom. The average molecular weight is 885 g/mol. The van der Waals surface area contributed by atoms with Gasteiger partial charge >= 0.3 is 0 Å². The molecule has 0 spiro atoms. The van der Waals surface area contributed by atoms with Crippen molar-refractivity contribution in [3.05, 3.63) is 95.5 Å². The molecule has 2 heterocycles. The minimum absolute atomic E-state index is 0.0204. The molecule has 14 heteroatoms. The van der Waals surface area contributed by atoms with Gasteiger partial charge in [0.15, 0.2) is 5.88 Å². The summed E-state index contributed by atoms with van der Waals surface area (Å²) in [5.74, 6) is -1.53. The maximum Gasteiger partial charge on any atom is 0.299 e. The molecule has 4 N–H and O–H groups in total. The second kappa shape index (κ2) is 26.7. The molecular weight excluding hydrogens is 815 g/mol. The van der Waals surface area contributed by atoms with E-state index in [1.165, 1.54) is 18.9 Å². The number of aldehydes is 1. The highest BCUT2D eigenvalue weighted by atomic mass is 19.3. The van der Waals surface area contributed by atoms with Crippen LogP contribution in [0.5, 0.6) is 0 Å². The summed E-state index contributed by atoms with van der Waals surface area (Å²) in [5.41, 5.74) is 5.37. The zero-order valence-electron chi connectivity index (χ0n) is 39.6. The number of aromatic amines is 2. The van der Waals surface area contributed by atoms with Gasteiger partial charge in [0.25, 0.3) is 5.92 Å². The molecule has 0 bridgehead atoms. The number of imidazole rings is 2. The Balaban J connectivity index is 0.000000585. The molecule has 1 aliphatic carbocycles. The Morgan fingerprint density at radius 3 is 2.00 bits per heavy atom. The topological polar surface area (TPSA) is 148 Å². The first-order chi connectivity index (χ1) is 30.8. The predicted octanol–water partition coefficient (Wildman–Crippen LogP) is 10.4. The van der Waals surface area contributed by atoms with Crippen LogP contribution in [-0.4, -0.2) is 88.2 Å². The van der Waals surface area contributed by atoms with Crippen molar-refractivity contribution in [1.29, 1.82) is 0 Å². The summed E-state index contributed by atoms with van der Waals surface area (Å²) in [5, 5.41) is 5.41. The summed E-state index contributed by atoms with van der Waals surface area (Å²) in [6, 6.07) is 16.2. The van der Waals surface area contributed by atoms with Gasteiger partial charge in [-0.25, -0.2) is 9.97 Å². The Bertz CT molecular complexity index is 2270. The first-order valence-electron chi connectivity index (χ1n) is 22.6. The molecule has 1 aliphatic rings. The number of ether oxygens (including phenoxy) is 1. The Hall–Kier alpha value is -5.89. The standard InChI is InChI=1S/C37H41F2N7O2.C7H13NO2.2C3H8/c1-5-14-45(4)21-34-42-30-13-10-24(18-31(30)43-34)23-8-11-26-27-12-9-25(17-29(27)37(38,39)28(26)16-23)32-19-40-33(44-32)22-46(15-6-2)36(48)20-41-35(47)7-3;1-3-4-7(10-2)8-5-6-9;2*1-3-2/h8-13,16-19H,5-7,14-15,20-22H2,1-4H3,(H,40,44)(H,41,47)(H,42,43);4,6,8H,3,5H2,1-2H3;2*3H2,1-2H3/b;7-4+;;. The van der Waals surface area contributed by atoms with Gasteiger partial charge in [-0.1, -0.05) is 98.6 Å². The van der Waals surface area contributed by atoms with Crippen molar-refractivity contribution in [2.24, 2.45) is 0 Å². The normalized spacial score (nSPS) is 12.1. The van der Waals surface area contributed by atoms with Crippen LogP contribution in [0.15, 0.2) is 72.8 Å². The van der Waals surface area contributed by atoms with Gasteiger partial charge < -0.3 is 35.0 Å². The number of methoxy groups -OCH3 is 1. The summed E-state index contributed by atoms with van der Waals surface area (Å²) in [6.45, 7) is 18.9. The largest absolute Gasteiger partial charge is 0.483 e. The molecule has 5 aromatic rings. The number of carbonyl (C=O) groups is 3. The molecule has 0 fully saturated rings. The molecule has 6 rings (SSSR count). The number of benzene rings is 3. The molecule has 0 saturated heterocycles. The average Bonchev–Trinajstić information content (AvgIpc) is 3.98. The fraction of sp³-hybridized carbons (Fsp3) is 0.460. The third kappa shape index (κ3) is 14.6. The van der Waals surface area contributed by atoms with E-state index in [0.29, 0.717) is 65.7 Å². The van der Waals surface area contributed by atoms with Crippen molar-refractivity contribution in [3.63, 3.8) is 0 Å². The van der Waals surface area contributed by atoms with E-state index in [0.717, 1.165) is 54.5 Å². The molecule has 0 atom stereocenters. The minimum atomic E-state index is -3.19. The highest BCUT2D eigenvalue weighted by molar-refractivity contribution is 5.87. The summed E-state index contributed by atoms with van der Waals surface area (Å²) in [4.78, 5) is 53.8. The molecule has 0 radical (unpaired) electrons. The fourth-order valence-electron chi connectivity index (χ4n) is 6.90. The highest BCUT2D eigenvalue weighted by Gasteiger charge is 2.44. The molecule has 0 unspecified atom stereocenters. The lowest BCUT2D eigenvalue weighted by molar-refractivity contribution is -0.133. The number of hydrogen-bond acceptors (Lipinski definition) is 8. The van der Waals surface area contributed by atoms with Gasteiger partial charge in [-0.3, -0.25) is 14.5 Å². The van der Waals surface area contributed by atoms with Gasteiger partial charge in [0.2, 0.25) is 11.8 Å². The van der Waals surface area contributed by atoms with Crippen molar-refractivity contribution in [1.82, 2.24) is 40.4 Å². The Morgan fingerprint density at radius 1 is 0.797 bits per heavy atom. The summed E-state index contributed by atoms with van der Waals surface area (Å²) < 4.78 is 37.2. The van der Waals surface area contributed by atoms with E-state index >= 15 is 8.78 Å². The van der Waals surface area contributed by atoms with E-state index in [2.05, 4.69) is 72.2 Å². The van der Waals surface area contributed by atoms with E-state index in [1.54, 1.807) is 43.3 Å². The van der Waals surface area contributed by atoms with E-state index in [-0.39, 0.29) is 36.0 Å². The second-order valence-electron chi connectivity index (χ2n) is 15.6. The molecule has 0 saturated carbocycles. The van der Waals surface area contributed by atoms with Gasteiger partial charge in [0.1, 0.15) is 17.9 Å². The molecule has 348 valence electrons. The highest BCUT2D eigenvalue weighted by Crippen LogP contribution is 2.52. The van der Waals surface area contributed by atoms with Crippen LogP contribution in [0.2, 0.25) is 0 Å². The molecular formula is C50H70F2N8O4. The maximum absolute atomic E-state index is 16.1. The second-order valence-corrected chi connectivity index (χ2v) is 15.6. The van der Waals surface area contributed by atoms with Crippen molar-refractivity contribution < 1.29 is 27.9 Å². The number of allylic oxidation sites excluding steroid dienone is 1. The van der Waals surface area contributed by atoms with Crippen LogP contribution >= 0.6 is 0 Å². The number of alkyl halides is 2. The van der Waals surface area contributed by atoms with Crippen LogP contribution in [0.25, 0.3) is 44.5 Å². The van der Waals surface area contributed by atoms with Crippen LogP contribution in [0.3, 0.4) is 0 Å². The first-order valence-corrected chi connectivity index (χ1v) is 22.6. The number of halogens is 2. The van der Waals surface area contributed by atoms with E-state index < -0.39 is 5.92 Å². The quantitative estimate of drug-likeness (QED) is 0.0502. The number of nitrogens with zero attached hydrogens (tertiary/aromatic N) is 4. The summed E-state index contributed by atoms with van der Waals surface area (Å²) in [6.07, 6.45) is 9.76. The molecule has 12 nitrogen and oxygen atoms in total. The van der Waals surface area contributed by atoms with Crippen LogP contribution in [0, 0.1) is 0 Å². The van der Waals surface area contributed by atoms with E-state index in [1.807, 2.05) is 50.3 Å². The molecule has 2 aromatic heterocycles. The Kier molecular flexibility index (Phi) is 21.9. The number of hydrogen-bond donors (Lipinski definition) is 4. The zero-order chi connectivity index (χ0) is 47.2. The summed E-state index contributed by atoms with van der Waals surface area (Å²) >= 11 is 0. The number of amides is 2. The van der Waals surface area contributed by atoms with Crippen molar-refractivity contribution in [3.8, 4) is 33.5 Å². The SMILES string of the molecule is CC/C=C(\NCC=O)OC.CCC.CCC.CCCN(C)Cc1nc2ccc(-c3ccc4c(c3)C(F)(F)c3cc(-c5cnc(CN(CCC)C(=O)CNC(=O)CC)[nH]5)ccc3-4)cc2[nH]1. The van der Waals surface area contributed by atoms with Crippen LogP contribution in [-0.2, 0) is 38.1 Å². The number of carbonyl (C=O) groups excluding carboxylic acids is 3. The number of aromatic nitrogens is 4. The maximum atomic E-state index is 16.1. The third-order valence-electron chi connectivity index (χ3n) is 9.75. The monoisotopic (exact) mass is 885 g/mol. The molecule has 0 aliphatic heterocycles. The van der Waals surface area contributed by atoms with Gasteiger partial charge in [-0.15, -0.1) is 0 Å². The van der Waals surface area contributed by atoms with Gasteiger partial charge in [0, 0.05) is 29.7 Å². The lowest BCUT2D eigenvalue weighted by Crippen LogP contribution is -2.40. The molecule has 2 amide bonds. The van der Waals surface area contributed by atoms with Crippen molar-refractivity contribution in [2.45, 2.75) is 113 Å². The van der Waals surface area contributed by atoms with Gasteiger partial charge in [0.05, 0.1) is 56.2 Å². The van der Waals surface area contributed by atoms with Crippen molar-refractivity contribution >= 4 is 29.1 Å². The number of fused-ring (bicyclic) bond motifs is 4. The number of rotatable bonds is 18. The smallest absolute Gasteiger partial charge is 0.299 e. The molecule has 3 aromatic carbocycles. The fourth-order valence-corrected chi connectivity index (χ4v) is 6.90. The summed E-state index contributed by atoms with van der Waals surface area (Å²) in [7, 11) is 3.63. The number of H-pyrrole nitrogens is 2. The first kappa shape index (κ1) is 52.5. The van der Waals surface area contributed by atoms with Crippen LogP contribution < -0.4 is 10.6 Å². The zero-order valence-corrected chi connectivity index (χ0v) is 39.6. The van der Waals surface area contributed by atoms with Gasteiger partial charge in [-0.2, -0.15) is 8.78 Å². The third-order valence-corrected chi connectivity index (χ3v) is 9.75. The Labute approximate surface area is 378 Å². The van der Waals surface area contributed by atoms with Crippen LogP contribution in [0.4, 0.5) is 8.78 Å². The lowest BCUT2D eigenvalue weighted by atomic mass is 9.98. The van der Waals surface area contributed by atoms with Crippen molar-refractivity contribution in [2.75, 3.05) is 40.3 Å². The van der Waals surface area contributed by atoms with E-state index in [9.17, 15) is 14.4 Å². The van der Waals surface area contributed by atoms with Crippen LogP contribution in [0.1, 0.15) is 117 Å². The predicted molar refractivity (Wildman–Crippen MR) is 255 cm³/mol. The van der Waals surface area contributed by atoms with E-state index in [4.69, 9.17) is 9.72 Å². The molecule has 64 heavy (non-hydrogen) atoms. The van der Waals surface area contributed by atoms with Gasteiger partial charge in [-0.05, 0) is 85.5 Å².